The van der Waals surface area contributed by atoms with Gasteiger partial charge in [-0.15, -0.1) is 0 Å². The number of pyridine rings is 1. The quantitative estimate of drug-likeness (QED) is 0.763. The Morgan fingerprint density at radius 3 is 2.86 bits per heavy atom. The van der Waals surface area contributed by atoms with Crippen LogP contribution in [0.2, 0.25) is 0 Å². The van der Waals surface area contributed by atoms with E-state index in [0.717, 1.165) is 17.0 Å². The summed E-state index contributed by atoms with van der Waals surface area (Å²) in [6.45, 7) is 0.535. The Morgan fingerprint density at radius 1 is 1.36 bits per heavy atom. The number of nitrogens with two attached hydrogens (primary N) is 1. The van der Waals surface area contributed by atoms with Crippen LogP contribution in [0.25, 0.3) is 11.4 Å². The van der Waals surface area contributed by atoms with E-state index in [2.05, 4.69) is 10.1 Å². The molecule has 2 aromatic heterocycles. The first-order valence-electron chi connectivity index (χ1n) is 4.44. The van der Waals surface area contributed by atoms with Gasteiger partial charge in [0.25, 0.3) is 0 Å². The Labute approximate surface area is 82.4 Å². The Morgan fingerprint density at radius 2 is 2.21 bits per heavy atom. The molecule has 0 atom stereocenters. The van der Waals surface area contributed by atoms with E-state index in [1.807, 2.05) is 25.2 Å². The largest absolute Gasteiger partial charge is 0.326 e. The average Bonchev–Trinajstić information content (AvgIpc) is 2.65. The second-order valence-electron chi connectivity index (χ2n) is 3.09. The van der Waals surface area contributed by atoms with Crippen LogP contribution >= 0.6 is 0 Å². The van der Waals surface area contributed by atoms with Crippen molar-refractivity contribution in [2.24, 2.45) is 12.8 Å². The summed E-state index contributed by atoms with van der Waals surface area (Å²) in [4.78, 5) is 4.27. The van der Waals surface area contributed by atoms with E-state index in [1.165, 1.54) is 0 Å². The molecule has 0 saturated heterocycles. The molecule has 0 unspecified atom stereocenters. The molecule has 2 aromatic rings. The molecule has 2 N–H and O–H groups in total. The molecule has 2 heterocycles. The summed E-state index contributed by atoms with van der Waals surface area (Å²) >= 11 is 0. The maximum Gasteiger partial charge on any atom is 0.0886 e. The molecule has 0 amide bonds. The van der Waals surface area contributed by atoms with Gasteiger partial charge in [0.2, 0.25) is 0 Å². The minimum atomic E-state index is 0.535. The lowest BCUT2D eigenvalue weighted by molar-refractivity contribution is 0.773. The molecular weight excluding hydrogens is 176 g/mol. The summed E-state index contributed by atoms with van der Waals surface area (Å²) in [6.07, 6.45) is 3.52. The zero-order chi connectivity index (χ0) is 9.97. The van der Waals surface area contributed by atoms with Gasteiger partial charge in [-0.2, -0.15) is 5.10 Å². The number of hydrogen-bond acceptors (Lipinski definition) is 3. The summed E-state index contributed by atoms with van der Waals surface area (Å²) in [7, 11) is 1.89. The number of nitrogens with zero attached hydrogens (tertiary/aromatic N) is 3. The highest BCUT2D eigenvalue weighted by molar-refractivity contribution is 5.54. The predicted octanol–water partition coefficient (Wildman–Crippen LogP) is 0.941. The molecule has 72 valence electrons. The van der Waals surface area contributed by atoms with Crippen molar-refractivity contribution in [1.29, 1.82) is 0 Å². The van der Waals surface area contributed by atoms with Gasteiger partial charge in [0.1, 0.15) is 0 Å². The first-order chi connectivity index (χ1) is 6.81. The highest BCUT2D eigenvalue weighted by Gasteiger charge is 2.03. The van der Waals surface area contributed by atoms with Crippen LogP contribution in [0.15, 0.2) is 30.6 Å². The molecule has 0 saturated carbocycles. The first-order valence-corrected chi connectivity index (χ1v) is 4.44. The van der Waals surface area contributed by atoms with Crippen molar-refractivity contribution >= 4 is 0 Å². The van der Waals surface area contributed by atoms with Crippen LogP contribution in [0.1, 0.15) is 5.56 Å². The van der Waals surface area contributed by atoms with Gasteiger partial charge in [-0.1, -0.05) is 0 Å². The molecule has 0 bridgehead atoms. The highest BCUT2D eigenvalue weighted by atomic mass is 15.3. The minimum absolute atomic E-state index is 0.535. The van der Waals surface area contributed by atoms with Crippen molar-refractivity contribution in [1.82, 2.24) is 14.8 Å². The number of rotatable bonds is 2. The highest BCUT2D eigenvalue weighted by Crippen LogP contribution is 2.15. The summed E-state index contributed by atoms with van der Waals surface area (Å²) < 4.78 is 1.79. The standard InChI is InChI=1S/C10H12N4/c1-14-10(3-5-13-14)9-6-8(7-11)2-4-12-9/h2-6H,7,11H2,1H3. The zero-order valence-electron chi connectivity index (χ0n) is 8.01. The Hall–Kier alpha value is -1.68. The molecule has 0 spiro atoms. The van der Waals surface area contributed by atoms with Gasteiger partial charge in [0, 0.05) is 26.0 Å². The van der Waals surface area contributed by atoms with E-state index in [0.29, 0.717) is 6.54 Å². The topological polar surface area (TPSA) is 56.7 Å². The van der Waals surface area contributed by atoms with E-state index >= 15 is 0 Å². The minimum Gasteiger partial charge on any atom is -0.326 e. The molecule has 0 fully saturated rings. The molecular formula is C10H12N4. The summed E-state index contributed by atoms with van der Waals surface area (Å²) in [5.41, 5.74) is 8.55. The lowest BCUT2D eigenvalue weighted by Gasteiger charge is -2.02. The van der Waals surface area contributed by atoms with E-state index in [1.54, 1.807) is 17.1 Å². The number of hydrogen-bond donors (Lipinski definition) is 1. The molecule has 0 aliphatic heterocycles. The predicted molar refractivity (Wildman–Crippen MR) is 54.3 cm³/mol. The molecule has 4 heteroatoms. The van der Waals surface area contributed by atoms with Crippen molar-refractivity contribution in [3.05, 3.63) is 36.2 Å². The van der Waals surface area contributed by atoms with Gasteiger partial charge >= 0.3 is 0 Å². The third kappa shape index (κ3) is 1.52. The Bertz CT molecular complexity index is 433. The van der Waals surface area contributed by atoms with Crippen molar-refractivity contribution in [2.45, 2.75) is 6.54 Å². The monoisotopic (exact) mass is 188 g/mol. The lowest BCUT2D eigenvalue weighted by Crippen LogP contribution is -1.99. The first kappa shape index (κ1) is 8.90. The molecule has 0 aliphatic carbocycles. The summed E-state index contributed by atoms with van der Waals surface area (Å²) in [5, 5.41) is 4.09. The summed E-state index contributed by atoms with van der Waals surface area (Å²) in [6, 6.07) is 5.83. The van der Waals surface area contributed by atoms with Crippen molar-refractivity contribution < 1.29 is 0 Å². The van der Waals surface area contributed by atoms with Gasteiger partial charge in [-0.3, -0.25) is 9.67 Å². The fraction of sp³-hybridized carbons (Fsp3) is 0.200. The molecule has 2 rings (SSSR count). The molecule has 0 aromatic carbocycles. The van der Waals surface area contributed by atoms with Gasteiger partial charge in [-0.05, 0) is 23.8 Å². The fourth-order valence-corrected chi connectivity index (χ4v) is 1.37. The van der Waals surface area contributed by atoms with Crippen LogP contribution in [0, 0.1) is 0 Å². The number of aromatic nitrogens is 3. The lowest BCUT2D eigenvalue weighted by atomic mass is 10.2. The maximum atomic E-state index is 5.56. The Balaban J connectivity index is 2.47. The van der Waals surface area contributed by atoms with Crippen molar-refractivity contribution in [3.8, 4) is 11.4 Å². The second kappa shape index (κ2) is 3.59. The van der Waals surface area contributed by atoms with Crippen LogP contribution in [-0.2, 0) is 13.6 Å². The van der Waals surface area contributed by atoms with Gasteiger partial charge in [0.15, 0.2) is 0 Å². The van der Waals surface area contributed by atoms with Gasteiger partial charge in [-0.25, -0.2) is 0 Å². The van der Waals surface area contributed by atoms with Crippen LogP contribution in [0.5, 0.6) is 0 Å². The SMILES string of the molecule is Cn1nccc1-c1cc(CN)ccn1. The van der Waals surface area contributed by atoms with E-state index in [-0.39, 0.29) is 0 Å². The van der Waals surface area contributed by atoms with Crippen molar-refractivity contribution in [2.75, 3.05) is 0 Å². The zero-order valence-corrected chi connectivity index (χ0v) is 8.01. The van der Waals surface area contributed by atoms with Gasteiger partial charge in [0.05, 0.1) is 11.4 Å². The van der Waals surface area contributed by atoms with Gasteiger partial charge < -0.3 is 5.73 Å². The average molecular weight is 188 g/mol. The van der Waals surface area contributed by atoms with E-state index in [9.17, 15) is 0 Å². The second-order valence-corrected chi connectivity index (χ2v) is 3.09. The smallest absolute Gasteiger partial charge is 0.0886 e. The van der Waals surface area contributed by atoms with Crippen LogP contribution < -0.4 is 5.73 Å². The third-order valence-electron chi connectivity index (χ3n) is 2.14. The molecule has 0 radical (unpaired) electrons. The van der Waals surface area contributed by atoms with Crippen LogP contribution in [-0.4, -0.2) is 14.8 Å². The van der Waals surface area contributed by atoms with E-state index in [4.69, 9.17) is 5.73 Å². The number of aryl methyl sites for hydroxylation is 1. The van der Waals surface area contributed by atoms with Crippen LogP contribution in [0.4, 0.5) is 0 Å². The molecule has 4 nitrogen and oxygen atoms in total. The third-order valence-corrected chi connectivity index (χ3v) is 2.14. The molecule has 14 heavy (non-hydrogen) atoms. The maximum absolute atomic E-state index is 5.56. The Kier molecular flexibility index (Phi) is 2.28. The van der Waals surface area contributed by atoms with Crippen molar-refractivity contribution in [3.63, 3.8) is 0 Å². The van der Waals surface area contributed by atoms with E-state index < -0.39 is 0 Å². The normalized spacial score (nSPS) is 10.4. The van der Waals surface area contributed by atoms with Crippen LogP contribution in [0.3, 0.4) is 0 Å². The fourth-order valence-electron chi connectivity index (χ4n) is 1.37. The molecule has 0 aliphatic rings. The summed E-state index contributed by atoms with van der Waals surface area (Å²) in [5.74, 6) is 0.